The van der Waals surface area contributed by atoms with Crippen LogP contribution in [0.4, 0.5) is 4.79 Å². The van der Waals surface area contributed by atoms with E-state index in [-0.39, 0.29) is 13.0 Å². The maximum Gasteiger partial charge on any atom is 0.408 e. The number of amides is 4. The lowest BCUT2D eigenvalue weighted by Gasteiger charge is -2.31. The number of fused-ring (bicyclic) bond motifs is 2. The number of carbonyl (C=O) groups excluding carboxylic acids is 4. The number of nitriles is 1. The van der Waals surface area contributed by atoms with Crippen molar-refractivity contribution < 1.29 is 32.3 Å². The predicted octanol–water partition coefficient (Wildman–Crippen LogP) is 1.08. The van der Waals surface area contributed by atoms with E-state index in [1.165, 1.54) is 4.90 Å². The summed E-state index contributed by atoms with van der Waals surface area (Å²) in [4.78, 5) is 54.7. The van der Waals surface area contributed by atoms with E-state index < -0.39 is 69.7 Å². The second-order valence-electron chi connectivity index (χ2n) is 11.5. The zero-order chi connectivity index (χ0) is 29.7. The molecule has 0 radical (unpaired) electrons. The lowest BCUT2D eigenvalue weighted by atomic mass is 10.1. The highest BCUT2D eigenvalue weighted by molar-refractivity contribution is 7.87. The molecule has 3 rings (SSSR count). The van der Waals surface area contributed by atoms with Crippen LogP contribution in [0.2, 0.25) is 0 Å². The number of allylic oxidation sites excluding steroid dienone is 1. The molecule has 0 aromatic carbocycles. The molecule has 1 aliphatic carbocycles. The Morgan fingerprint density at radius 3 is 2.60 bits per heavy atom. The van der Waals surface area contributed by atoms with Crippen LogP contribution in [0.3, 0.4) is 0 Å². The molecule has 2 fully saturated rings. The number of rotatable bonds is 5. The van der Waals surface area contributed by atoms with Crippen molar-refractivity contribution >= 4 is 34.0 Å². The minimum atomic E-state index is -4.31. The molecule has 2 aliphatic heterocycles. The first-order chi connectivity index (χ1) is 18.8. The number of carbonyl (C=O) groups is 4. The van der Waals surface area contributed by atoms with Gasteiger partial charge in [-0.1, -0.05) is 18.6 Å². The smallest absolute Gasteiger partial charge is 0.408 e. The minimum absolute atomic E-state index is 0.161. The summed E-state index contributed by atoms with van der Waals surface area (Å²) in [6, 6.07) is 0.777. The molecule has 1 saturated heterocycles. The zero-order valence-corrected chi connectivity index (χ0v) is 24.4. The lowest BCUT2D eigenvalue weighted by Crippen LogP contribution is -2.59. The summed E-state index contributed by atoms with van der Waals surface area (Å²) < 4.78 is 33.2. The fourth-order valence-corrected chi connectivity index (χ4v) is 5.97. The van der Waals surface area contributed by atoms with E-state index in [0.717, 1.165) is 19.9 Å². The second kappa shape index (κ2) is 12.6. The average Bonchev–Trinajstić information content (AvgIpc) is 3.33. The van der Waals surface area contributed by atoms with Gasteiger partial charge in [-0.15, -0.1) is 0 Å². The SMILES string of the molecule is CNS(=O)(=O)N(CC#N)C(=O)[C@@]12C[C@H]1C=CCCCCC[C@H](OC(=O)NC(C)(C)C)C(=O)N1CCC[C@H]1C(=O)N2. The van der Waals surface area contributed by atoms with E-state index >= 15 is 0 Å². The van der Waals surface area contributed by atoms with Crippen LogP contribution in [0.25, 0.3) is 0 Å². The highest BCUT2D eigenvalue weighted by Crippen LogP contribution is 2.47. The third-order valence-electron chi connectivity index (χ3n) is 7.28. The Kier molecular flexibility index (Phi) is 9.84. The lowest BCUT2D eigenvalue weighted by molar-refractivity contribution is -0.146. The van der Waals surface area contributed by atoms with Crippen molar-refractivity contribution in [1.29, 1.82) is 5.26 Å². The molecule has 4 atom stereocenters. The molecule has 3 N–H and O–H groups in total. The van der Waals surface area contributed by atoms with Crippen molar-refractivity contribution in [2.75, 3.05) is 20.1 Å². The molecule has 0 aromatic heterocycles. The molecule has 14 heteroatoms. The van der Waals surface area contributed by atoms with Crippen molar-refractivity contribution in [3.63, 3.8) is 0 Å². The van der Waals surface area contributed by atoms with Crippen molar-refractivity contribution in [3.05, 3.63) is 12.2 Å². The number of hydrogen-bond donors (Lipinski definition) is 3. The average molecular weight is 581 g/mol. The van der Waals surface area contributed by atoms with E-state index in [9.17, 15) is 32.9 Å². The van der Waals surface area contributed by atoms with E-state index in [1.807, 2.05) is 6.08 Å². The highest BCUT2D eigenvalue weighted by Gasteiger charge is 2.63. The number of nitrogens with zero attached hydrogens (tertiary/aromatic N) is 3. The number of hydrogen-bond acceptors (Lipinski definition) is 8. The monoisotopic (exact) mass is 580 g/mol. The molecule has 0 bridgehead atoms. The van der Waals surface area contributed by atoms with Crippen molar-refractivity contribution in [2.24, 2.45) is 5.92 Å². The van der Waals surface area contributed by atoms with Crippen LogP contribution >= 0.6 is 0 Å². The van der Waals surface area contributed by atoms with E-state index in [0.29, 0.717) is 36.4 Å². The maximum absolute atomic E-state index is 13.6. The largest absolute Gasteiger partial charge is 0.436 e. The topological polar surface area (TPSA) is 178 Å². The molecule has 40 heavy (non-hydrogen) atoms. The van der Waals surface area contributed by atoms with Crippen molar-refractivity contribution in [2.45, 2.75) is 95.4 Å². The summed E-state index contributed by atoms with van der Waals surface area (Å²) in [5.41, 5.74) is -2.13. The van der Waals surface area contributed by atoms with Gasteiger partial charge >= 0.3 is 16.3 Å². The summed E-state index contributed by atoms with van der Waals surface area (Å²) in [6.07, 6.45) is 6.08. The van der Waals surface area contributed by atoms with Gasteiger partial charge in [-0.05, 0) is 65.7 Å². The van der Waals surface area contributed by atoms with Gasteiger partial charge in [-0.3, -0.25) is 14.4 Å². The summed E-state index contributed by atoms with van der Waals surface area (Å²) >= 11 is 0. The normalized spacial score (nSPS) is 27.7. The molecule has 4 amide bonds. The Morgan fingerprint density at radius 2 is 1.95 bits per heavy atom. The molecule has 222 valence electrons. The molecule has 1 saturated carbocycles. The molecular weight excluding hydrogens is 540 g/mol. The fraction of sp³-hybridized carbons (Fsp3) is 0.731. The molecule has 0 spiro atoms. The summed E-state index contributed by atoms with van der Waals surface area (Å²) in [7, 11) is -3.18. The van der Waals surface area contributed by atoms with Gasteiger partial charge in [-0.2, -0.15) is 13.7 Å². The van der Waals surface area contributed by atoms with Gasteiger partial charge in [0.2, 0.25) is 5.91 Å². The predicted molar refractivity (Wildman–Crippen MR) is 144 cm³/mol. The first-order valence-corrected chi connectivity index (χ1v) is 15.1. The molecule has 2 heterocycles. The zero-order valence-electron chi connectivity index (χ0n) is 23.6. The fourth-order valence-electron chi connectivity index (χ4n) is 5.14. The minimum Gasteiger partial charge on any atom is -0.436 e. The molecule has 0 aromatic rings. The van der Waals surface area contributed by atoms with Crippen molar-refractivity contribution in [1.82, 2.24) is 24.6 Å². The third-order valence-corrected chi connectivity index (χ3v) is 8.67. The standard InChI is InChI=1S/C26H40N6O7S/c1-25(2,3)30-24(36)39-20-13-9-7-5-6-8-11-18-17-26(18,23(35)32(16-14-27)40(37,38)28-4)29-21(33)19-12-10-15-31(19)22(20)34/h8,11,18-20,28H,5-7,9-10,12-13,15-17H2,1-4H3,(H,29,33)(H,30,36)/t18-,19+,20+,26-/m1/s1. The third kappa shape index (κ3) is 7.31. The van der Waals surface area contributed by atoms with Crippen LogP contribution in [-0.4, -0.2) is 84.8 Å². The second-order valence-corrected chi connectivity index (χ2v) is 13.3. The first kappa shape index (κ1) is 31.3. The van der Waals surface area contributed by atoms with E-state index in [1.54, 1.807) is 32.9 Å². The van der Waals surface area contributed by atoms with Gasteiger partial charge in [0.15, 0.2) is 6.10 Å². The molecular formula is C26H40N6O7S. The Labute approximate surface area is 235 Å². The van der Waals surface area contributed by atoms with Crippen LogP contribution in [-0.2, 0) is 29.3 Å². The maximum atomic E-state index is 13.6. The van der Waals surface area contributed by atoms with Crippen LogP contribution in [0.15, 0.2) is 12.2 Å². The van der Waals surface area contributed by atoms with Crippen LogP contribution < -0.4 is 15.4 Å². The van der Waals surface area contributed by atoms with Gasteiger partial charge in [0.25, 0.3) is 11.8 Å². The van der Waals surface area contributed by atoms with Crippen molar-refractivity contribution in [3.8, 4) is 6.07 Å². The summed E-state index contributed by atoms with van der Waals surface area (Å²) in [5.74, 6) is -2.45. The summed E-state index contributed by atoms with van der Waals surface area (Å²) in [5, 5.41) is 14.7. The Bertz CT molecular complexity index is 1170. The van der Waals surface area contributed by atoms with Gasteiger partial charge in [0, 0.05) is 25.0 Å². The van der Waals surface area contributed by atoms with Crippen LogP contribution in [0.5, 0.6) is 0 Å². The van der Waals surface area contributed by atoms with E-state index in [4.69, 9.17) is 4.74 Å². The molecule has 3 aliphatic rings. The highest BCUT2D eigenvalue weighted by atomic mass is 32.2. The van der Waals surface area contributed by atoms with E-state index in [2.05, 4.69) is 15.4 Å². The van der Waals surface area contributed by atoms with Gasteiger partial charge in [0.05, 0.1) is 6.07 Å². The Balaban J connectivity index is 1.90. The number of alkyl carbamates (subject to hydrolysis) is 1. The summed E-state index contributed by atoms with van der Waals surface area (Å²) in [6.45, 7) is 4.94. The van der Waals surface area contributed by atoms with Gasteiger partial charge in [0.1, 0.15) is 18.1 Å². The molecule has 0 unspecified atom stereocenters. The van der Waals surface area contributed by atoms with Crippen LogP contribution in [0.1, 0.15) is 72.1 Å². The quantitative estimate of drug-likeness (QED) is 0.319. The number of nitrogens with one attached hydrogen (secondary N) is 3. The first-order valence-electron chi connectivity index (χ1n) is 13.7. The van der Waals surface area contributed by atoms with Crippen LogP contribution in [0, 0.1) is 17.2 Å². The molecule has 13 nitrogen and oxygen atoms in total. The van der Waals surface area contributed by atoms with Gasteiger partial charge < -0.3 is 20.3 Å². The Hall–Kier alpha value is -3.18. The van der Waals surface area contributed by atoms with Gasteiger partial charge in [-0.25, -0.2) is 13.8 Å². The number of ether oxygens (including phenoxy) is 1. The Morgan fingerprint density at radius 1 is 1.23 bits per heavy atom.